The van der Waals surface area contributed by atoms with Crippen LogP contribution in [0, 0.1) is 13.8 Å². The van der Waals surface area contributed by atoms with Gasteiger partial charge < -0.3 is 5.32 Å². The maximum absolute atomic E-state index is 6.45. The van der Waals surface area contributed by atoms with Crippen LogP contribution in [0.2, 0.25) is 5.02 Å². The summed E-state index contributed by atoms with van der Waals surface area (Å²) in [5.41, 5.74) is 5.45. The summed E-state index contributed by atoms with van der Waals surface area (Å²) < 4.78 is 1.88. The number of aromatic nitrogens is 3. The first kappa shape index (κ1) is 16.0. The molecule has 0 aliphatic carbocycles. The third-order valence-electron chi connectivity index (χ3n) is 3.83. The van der Waals surface area contributed by atoms with Crippen LogP contribution in [-0.4, -0.2) is 21.8 Å². The van der Waals surface area contributed by atoms with Gasteiger partial charge in [0.05, 0.1) is 28.1 Å². The van der Waals surface area contributed by atoms with Gasteiger partial charge >= 0.3 is 0 Å². The number of hydrogen-bond donors (Lipinski definition) is 1. The van der Waals surface area contributed by atoms with Crippen molar-refractivity contribution in [3.63, 3.8) is 0 Å². The molecule has 2 heterocycles. The lowest BCUT2D eigenvalue weighted by molar-refractivity contribution is 0.545. The second kappa shape index (κ2) is 6.58. The number of halogens is 1. The highest BCUT2D eigenvalue weighted by Gasteiger charge is 2.20. The van der Waals surface area contributed by atoms with Crippen molar-refractivity contribution in [2.75, 3.05) is 7.05 Å². The molecular weight excluding hydrogens is 284 g/mol. The first-order valence-electron chi connectivity index (χ1n) is 7.28. The van der Waals surface area contributed by atoms with Gasteiger partial charge in [0, 0.05) is 19.7 Å². The van der Waals surface area contributed by atoms with Crippen molar-refractivity contribution in [1.82, 2.24) is 20.1 Å². The van der Waals surface area contributed by atoms with Crippen molar-refractivity contribution >= 4 is 11.6 Å². The molecule has 0 fully saturated rings. The Bertz CT molecular complexity index is 633. The monoisotopic (exact) mass is 306 g/mol. The average Bonchev–Trinajstić information content (AvgIpc) is 2.72. The second-order valence-electron chi connectivity index (χ2n) is 5.44. The van der Waals surface area contributed by atoms with Gasteiger partial charge in [-0.1, -0.05) is 24.6 Å². The first-order chi connectivity index (χ1) is 9.97. The zero-order valence-electron chi connectivity index (χ0n) is 13.4. The SMILES string of the molecule is CCc1nn(C)c(CC(NC)c2ncc(C)cc2C)c1Cl. The minimum Gasteiger partial charge on any atom is -0.311 e. The van der Waals surface area contributed by atoms with Crippen LogP contribution in [0.25, 0.3) is 0 Å². The molecule has 0 saturated heterocycles. The van der Waals surface area contributed by atoms with Crippen LogP contribution >= 0.6 is 11.6 Å². The summed E-state index contributed by atoms with van der Waals surface area (Å²) in [6.45, 7) is 6.23. The Morgan fingerprint density at radius 3 is 2.62 bits per heavy atom. The minimum atomic E-state index is 0.128. The summed E-state index contributed by atoms with van der Waals surface area (Å²) in [6, 6.07) is 2.29. The van der Waals surface area contributed by atoms with Crippen LogP contribution in [0.15, 0.2) is 12.3 Å². The Morgan fingerprint density at radius 1 is 1.38 bits per heavy atom. The lowest BCUT2D eigenvalue weighted by Gasteiger charge is -2.18. The van der Waals surface area contributed by atoms with E-state index in [-0.39, 0.29) is 6.04 Å². The van der Waals surface area contributed by atoms with Crippen LogP contribution < -0.4 is 5.32 Å². The third-order valence-corrected chi connectivity index (χ3v) is 4.27. The summed E-state index contributed by atoms with van der Waals surface area (Å²) in [5.74, 6) is 0. The van der Waals surface area contributed by atoms with Crippen LogP contribution in [0.1, 0.15) is 41.2 Å². The molecule has 1 atom stereocenters. The molecule has 0 aliphatic heterocycles. The van der Waals surface area contributed by atoms with Gasteiger partial charge in [0.2, 0.25) is 0 Å². The number of aryl methyl sites for hydroxylation is 4. The van der Waals surface area contributed by atoms with Crippen molar-refractivity contribution in [3.8, 4) is 0 Å². The molecule has 0 amide bonds. The molecule has 4 nitrogen and oxygen atoms in total. The van der Waals surface area contributed by atoms with Crippen molar-refractivity contribution in [1.29, 1.82) is 0 Å². The van der Waals surface area contributed by atoms with E-state index in [1.807, 2.05) is 25.0 Å². The highest BCUT2D eigenvalue weighted by molar-refractivity contribution is 6.31. The zero-order valence-corrected chi connectivity index (χ0v) is 14.1. The van der Waals surface area contributed by atoms with Crippen LogP contribution in [0.5, 0.6) is 0 Å². The molecule has 2 rings (SSSR count). The van der Waals surface area contributed by atoms with Gasteiger partial charge in [-0.15, -0.1) is 0 Å². The number of nitrogens with one attached hydrogen (secondary N) is 1. The lowest BCUT2D eigenvalue weighted by atomic mass is 10.0. The van der Waals surface area contributed by atoms with Gasteiger partial charge in [0.25, 0.3) is 0 Å². The highest BCUT2D eigenvalue weighted by atomic mass is 35.5. The third kappa shape index (κ3) is 3.27. The molecule has 0 aliphatic rings. The summed E-state index contributed by atoms with van der Waals surface area (Å²) in [5, 5.41) is 8.61. The molecule has 1 N–H and O–H groups in total. The molecule has 2 aromatic heterocycles. The van der Waals surface area contributed by atoms with Gasteiger partial charge in [0.15, 0.2) is 0 Å². The van der Waals surface area contributed by atoms with E-state index in [4.69, 9.17) is 11.6 Å². The smallest absolute Gasteiger partial charge is 0.0850 e. The highest BCUT2D eigenvalue weighted by Crippen LogP contribution is 2.26. The average molecular weight is 307 g/mol. The van der Waals surface area contributed by atoms with E-state index in [9.17, 15) is 0 Å². The topological polar surface area (TPSA) is 42.7 Å². The summed E-state index contributed by atoms with van der Waals surface area (Å²) in [7, 11) is 3.90. The van der Waals surface area contributed by atoms with Gasteiger partial charge in [0.1, 0.15) is 0 Å². The molecule has 0 saturated carbocycles. The van der Waals surface area contributed by atoms with E-state index >= 15 is 0 Å². The Balaban J connectivity index is 2.33. The fourth-order valence-corrected chi connectivity index (χ4v) is 3.03. The lowest BCUT2D eigenvalue weighted by Crippen LogP contribution is -2.22. The fraction of sp³-hybridized carbons (Fsp3) is 0.500. The summed E-state index contributed by atoms with van der Waals surface area (Å²) in [6.07, 6.45) is 3.53. The zero-order chi connectivity index (χ0) is 15.6. The number of rotatable bonds is 5. The Hall–Kier alpha value is -1.39. The minimum absolute atomic E-state index is 0.128. The van der Waals surface area contributed by atoms with Crippen molar-refractivity contribution in [2.45, 2.75) is 39.7 Å². The Labute approximate surface area is 131 Å². The van der Waals surface area contributed by atoms with Crippen LogP contribution in [0.4, 0.5) is 0 Å². The molecule has 114 valence electrons. The van der Waals surface area contributed by atoms with Crippen molar-refractivity contribution in [3.05, 3.63) is 45.5 Å². The number of likely N-dealkylation sites (N-methyl/N-ethyl adjacent to an activating group) is 1. The van der Waals surface area contributed by atoms with E-state index in [0.29, 0.717) is 0 Å². The van der Waals surface area contributed by atoms with E-state index in [2.05, 4.69) is 42.2 Å². The molecule has 5 heteroatoms. The molecule has 0 spiro atoms. The summed E-state index contributed by atoms with van der Waals surface area (Å²) >= 11 is 6.45. The standard InChI is InChI=1S/C16H23ClN4/c1-6-12-15(17)14(21(5)20-12)8-13(18-4)16-11(3)7-10(2)9-19-16/h7,9,13,18H,6,8H2,1-5H3. The van der Waals surface area contributed by atoms with Gasteiger partial charge in [-0.05, 0) is 38.4 Å². The molecule has 0 radical (unpaired) electrons. The maximum atomic E-state index is 6.45. The van der Waals surface area contributed by atoms with Crippen LogP contribution in [0.3, 0.4) is 0 Å². The first-order valence-corrected chi connectivity index (χ1v) is 7.66. The predicted octanol–water partition coefficient (Wildman–Crippen LogP) is 3.15. The van der Waals surface area contributed by atoms with Crippen LogP contribution in [-0.2, 0) is 19.9 Å². The largest absolute Gasteiger partial charge is 0.311 e. The number of pyridine rings is 1. The summed E-state index contributed by atoms with van der Waals surface area (Å²) in [4.78, 5) is 4.60. The molecular formula is C16H23ClN4. The van der Waals surface area contributed by atoms with Crippen molar-refractivity contribution in [2.24, 2.45) is 7.05 Å². The normalized spacial score (nSPS) is 12.7. The molecule has 2 aromatic rings. The van der Waals surface area contributed by atoms with Gasteiger partial charge in [-0.25, -0.2) is 0 Å². The molecule has 1 unspecified atom stereocenters. The van der Waals surface area contributed by atoms with E-state index < -0.39 is 0 Å². The van der Waals surface area contributed by atoms with E-state index in [0.717, 1.165) is 34.9 Å². The van der Waals surface area contributed by atoms with Gasteiger partial charge in [-0.2, -0.15) is 5.10 Å². The van der Waals surface area contributed by atoms with Gasteiger partial charge in [-0.3, -0.25) is 9.67 Å². The molecule has 21 heavy (non-hydrogen) atoms. The number of nitrogens with zero attached hydrogens (tertiary/aromatic N) is 3. The Kier molecular flexibility index (Phi) is 5.01. The second-order valence-corrected chi connectivity index (χ2v) is 5.82. The molecule has 0 aromatic carbocycles. The van der Waals surface area contributed by atoms with Crippen molar-refractivity contribution < 1.29 is 0 Å². The quantitative estimate of drug-likeness (QED) is 0.923. The number of hydrogen-bond acceptors (Lipinski definition) is 3. The predicted molar refractivity (Wildman–Crippen MR) is 86.8 cm³/mol. The van der Waals surface area contributed by atoms with E-state index in [1.165, 1.54) is 11.1 Å². The van der Waals surface area contributed by atoms with E-state index in [1.54, 1.807) is 0 Å². The maximum Gasteiger partial charge on any atom is 0.0850 e. The molecule has 0 bridgehead atoms. The Morgan fingerprint density at radius 2 is 2.10 bits per heavy atom. The fourth-order valence-electron chi connectivity index (χ4n) is 2.66.